The van der Waals surface area contributed by atoms with Crippen molar-refractivity contribution in [1.82, 2.24) is 5.32 Å². The van der Waals surface area contributed by atoms with Crippen LogP contribution in [0.5, 0.6) is 0 Å². The number of para-hydroxylation sites is 1. The number of fused-ring (bicyclic) bond motifs is 1. The quantitative estimate of drug-likeness (QED) is 0.355. The van der Waals surface area contributed by atoms with Gasteiger partial charge in [0.15, 0.2) is 0 Å². The van der Waals surface area contributed by atoms with Crippen molar-refractivity contribution in [2.75, 3.05) is 4.90 Å². The summed E-state index contributed by atoms with van der Waals surface area (Å²) in [7, 11) is 0. The summed E-state index contributed by atoms with van der Waals surface area (Å²) in [5, 5.41) is 2.42. The Morgan fingerprint density at radius 2 is 1.60 bits per heavy atom. The van der Waals surface area contributed by atoms with Crippen LogP contribution in [-0.2, 0) is 28.4 Å². The molecule has 1 N–H and O–H groups in total. The van der Waals surface area contributed by atoms with Gasteiger partial charge in [-0.1, -0.05) is 61.5 Å². The maximum Gasteiger partial charge on any atom is 0.416 e. The molecule has 11 heteroatoms. The Hall–Kier alpha value is -4.15. The van der Waals surface area contributed by atoms with Gasteiger partial charge in [-0.25, -0.2) is 4.99 Å². The first-order valence-corrected chi connectivity index (χ1v) is 12.4. The molecule has 4 rings (SSSR count). The van der Waals surface area contributed by atoms with E-state index in [1.165, 1.54) is 4.90 Å². The van der Waals surface area contributed by atoms with Gasteiger partial charge in [0.05, 0.1) is 28.9 Å². The van der Waals surface area contributed by atoms with Crippen LogP contribution in [-0.4, -0.2) is 29.7 Å². The van der Waals surface area contributed by atoms with Gasteiger partial charge in [0.2, 0.25) is 12.1 Å². The lowest BCUT2D eigenvalue weighted by molar-refractivity contribution is -0.143. The first-order valence-electron chi connectivity index (χ1n) is 12.4. The van der Waals surface area contributed by atoms with Gasteiger partial charge in [0, 0.05) is 17.2 Å². The van der Waals surface area contributed by atoms with Gasteiger partial charge >= 0.3 is 12.4 Å². The standard InChI is InChI=1S/C29H25F6N3O2/c1-3-17(2)38-23-12-8-7-11-21(23)25(18-9-5-4-6-10-18)37-26(27(38)40)36-24(39)15-19-13-14-20(28(30,31)32)16-22(19)29(33,34)35/h4-14,16-17,26H,3,15H2,1-2H3,(H,36,39)/t17-,26?/m1/s1. The number of alkyl halides is 6. The second kappa shape index (κ2) is 11.1. The predicted molar refractivity (Wildman–Crippen MR) is 138 cm³/mol. The molecular weight excluding hydrogens is 536 g/mol. The number of rotatable bonds is 6. The molecule has 2 amide bonds. The van der Waals surface area contributed by atoms with Crippen molar-refractivity contribution in [1.29, 1.82) is 0 Å². The summed E-state index contributed by atoms with van der Waals surface area (Å²) >= 11 is 0. The summed E-state index contributed by atoms with van der Waals surface area (Å²) in [5.74, 6) is -1.60. The number of carbonyl (C=O) groups is 2. The second-order valence-corrected chi connectivity index (χ2v) is 9.34. The van der Waals surface area contributed by atoms with Crippen molar-refractivity contribution >= 4 is 23.2 Å². The van der Waals surface area contributed by atoms with Crippen molar-refractivity contribution in [2.24, 2.45) is 4.99 Å². The number of benzodiazepines with no additional fused rings is 1. The molecule has 3 aromatic carbocycles. The highest BCUT2D eigenvalue weighted by Gasteiger charge is 2.39. The molecule has 1 aliphatic heterocycles. The van der Waals surface area contributed by atoms with E-state index in [4.69, 9.17) is 0 Å². The number of amides is 2. The molecule has 40 heavy (non-hydrogen) atoms. The van der Waals surface area contributed by atoms with Gasteiger partial charge in [-0.15, -0.1) is 0 Å². The third-order valence-corrected chi connectivity index (χ3v) is 6.62. The molecule has 5 nitrogen and oxygen atoms in total. The van der Waals surface area contributed by atoms with Gasteiger partial charge in [0.25, 0.3) is 5.91 Å². The number of hydrogen-bond donors (Lipinski definition) is 1. The Bertz CT molecular complexity index is 1430. The summed E-state index contributed by atoms with van der Waals surface area (Å²) in [5.41, 5.74) is -1.49. The Morgan fingerprint density at radius 3 is 2.23 bits per heavy atom. The van der Waals surface area contributed by atoms with Crippen LogP contribution < -0.4 is 10.2 Å². The Labute approximate surface area is 226 Å². The summed E-state index contributed by atoms with van der Waals surface area (Å²) in [6.07, 6.45) is -12.0. The second-order valence-electron chi connectivity index (χ2n) is 9.34. The smallest absolute Gasteiger partial charge is 0.326 e. The number of anilines is 1. The molecule has 0 saturated heterocycles. The van der Waals surface area contributed by atoms with Crippen molar-refractivity contribution in [3.63, 3.8) is 0 Å². The lowest BCUT2D eigenvalue weighted by atomic mass is 9.99. The zero-order valence-corrected chi connectivity index (χ0v) is 21.5. The monoisotopic (exact) mass is 561 g/mol. The fraction of sp³-hybridized carbons (Fsp3) is 0.276. The third-order valence-electron chi connectivity index (χ3n) is 6.62. The van der Waals surface area contributed by atoms with Crippen LogP contribution in [0.4, 0.5) is 32.0 Å². The fourth-order valence-corrected chi connectivity index (χ4v) is 4.49. The van der Waals surface area contributed by atoms with Crippen molar-refractivity contribution in [2.45, 2.75) is 51.2 Å². The summed E-state index contributed by atoms with van der Waals surface area (Å²) < 4.78 is 80.1. The number of aliphatic imine (C=N–C) groups is 1. The number of hydrogen-bond acceptors (Lipinski definition) is 3. The van der Waals surface area contributed by atoms with Gasteiger partial charge in [-0.05, 0) is 37.1 Å². The number of carbonyl (C=O) groups excluding carboxylic acids is 2. The molecule has 2 atom stereocenters. The number of benzene rings is 3. The molecule has 0 fully saturated rings. The maximum absolute atomic E-state index is 13.8. The van der Waals surface area contributed by atoms with Crippen molar-refractivity contribution in [3.8, 4) is 0 Å². The van der Waals surface area contributed by atoms with E-state index in [1.807, 2.05) is 13.8 Å². The molecule has 0 aromatic heterocycles. The van der Waals surface area contributed by atoms with Crippen LogP contribution in [0, 0.1) is 0 Å². The van der Waals surface area contributed by atoms with Crippen LogP contribution in [0.2, 0.25) is 0 Å². The van der Waals surface area contributed by atoms with E-state index in [2.05, 4.69) is 10.3 Å². The molecule has 0 spiro atoms. The highest BCUT2D eigenvalue weighted by molar-refractivity contribution is 6.20. The first kappa shape index (κ1) is 28.8. The van der Waals surface area contributed by atoms with Crippen molar-refractivity contribution in [3.05, 3.63) is 101 Å². The molecular formula is C29H25F6N3O2. The Kier molecular flexibility index (Phi) is 8.04. The highest BCUT2D eigenvalue weighted by atomic mass is 19.4. The fourth-order valence-electron chi connectivity index (χ4n) is 4.49. The van der Waals surface area contributed by atoms with E-state index in [0.29, 0.717) is 41.1 Å². The molecule has 0 bridgehead atoms. The third kappa shape index (κ3) is 6.03. The molecule has 210 valence electrons. The van der Waals surface area contributed by atoms with E-state index >= 15 is 0 Å². The summed E-state index contributed by atoms with van der Waals surface area (Å²) in [6, 6.07) is 16.7. The average molecular weight is 562 g/mol. The minimum absolute atomic E-state index is 0.0214. The molecule has 3 aromatic rings. The minimum atomic E-state index is -5.14. The summed E-state index contributed by atoms with van der Waals surface area (Å²) in [4.78, 5) is 32.8. The SMILES string of the molecule is CC[C@@H](C)N1C(=O)C(NC(=O)Cc2ccc(C(F)(F)F)cc2C(F)(F)F)N=C(c2ccccc2)c2ccccc21. The lowest BCUT2D eigenvalue weighted by Crippen LogP contribution is -2.50. The Morgan fingerprint density at radius 1 is 0.950 bits per heavy atom. The van der Waals surface area contributed by atoms with E-state index in [-0.39, 0.29) is 12.1 Å². The molecule has 0 radical (unpaired) electrons. The van der Waals surface area contributed by atoms with E-state index in [9.17, 15) is 35.9 Å². The average Bonchev–Trinajstić information content (AvgIpc) is 3.02. The highest BCUT2D eigenvalue weighted by Crippen LogP contribution is 2.37. The van der Waals surface area contributed by atoms with Crippen LogP contribution >= 0.6 is 0 Å². The van der Waals surface area contributed by atoms with Crippen LogP contribution in [0.15, 0.2) is 77.8 Å². The predicted octanol–water partition coefficient (Wildman–Crippen LogP) is 6.39. The minimum Gasteiger partial charge on any atom is -0.326 e. The molecule has 0 saturated carbocycles. The number of nitrogens with zero attached hydrogens (tertiary/aromatic N) is 2. The largest absolute Gasteiger partial charge is 0.416 e. The zero-order valence-electron chi connectivity index (χ0n) is 21.5. The first-order chi connectivity index (χ1) is 18.8. The maximum atomic E-state index is 13.8. The molecule has 1 unspecified atom stereocenters. The van der Waals surface area contributed by atoms with E-state index in [0.717, 1.165) is 0 Å². The Balaban J connectivity index is 1.74. The van der Waals surface area contributed by atoms with E-state index in [1.54, 1.807) is 54.6 Å². The lowest BCUT2D eigenvalue weighted by Gasteiger charge is -2.30. The normalized spacial score (nSPS) is 16.6. The van der Waals surface area contributed by atoms with Crippen LogP contribution in [0.25, 0.3) is 0 Å². The topological polar surface area (TPSA) is 61.8 Å². The van der Waals surface area contributed by atoms with Crippen molar-refractivity contribution < 1.29 is 35.9 Å². The van der Waals surface area contributed by atoms with Gasteiger partial charge < -0.3 is 10.2 Å². The van der Waals surface area contributed by atoms with Crippen LogP contribution in [0.3, 0.4) is 0 Å². The molecule has 1 heterocycles. The van der Waals surface area contributed by atoms with Gasteiger partial charge in [-0.3, -0.25) is 9.59 Å². The van der Waals surface area contributed by atoms with E-state index < -0.39 is 53.4 Å². The molecule has 1 aliphatic rings. The van der Waals surface area contributed by atoms with Gasteiger partial charge in [0.1, 0.15) is 0 Å². The number of halogens is 6. The number of nitrogens with one attached hydrogen (secondary N) is 1. The van der Waals surface area contributed by atoms with Gasteiger partial charge in [-0.2, -0.15) is 26.3 Å². The zero-order chi connectivity index (χ0) is 29.2. The van der Waals surface area contributed by atoms with Crippen LogP contribution in [0.1, 0.15) is 48.1 Å². The molecule has 0 aliphatic carbocycles. The summed E-state index contributed by atoms with van der Waals surface area (Å²) in [6.45, 7) is 3.69.